The normalized spacial score (nSPS) is 21.2. The monoisotopic (exact) mass is 230 g/mol. The molecule has 0 aliphatic carbocycles. The van der Waals surface area contributed by atoms with Crippen LogP contribution in [0.4, 0.5) is 0 Å². The molecule has 1 fully saturated rings. The summed E-state index contributed by atoms with van der Waals surface area (Å²) in [5.41, 5.74) is 5.28. The summed E-state index contributed by atoms with van der Waals surface area (Å²) in [6.45, 7) is 7.28. The van der Waals surface area contributed by atoms with E-state index in [-0.39, 0.29) is 6.54 Å². The van der Waals surface area contributed by atoms with Crippen molar-refractivity contribution in [2.24, 2.45) is 11.7 Å². The molecule has 4 heteroatoms. The molecule has 16 heavy (non-hydrogen) atoms. The van der Waals surface area contributed by atoms with Crippen LogP contribution in [0.2, 0.25) is 0 Å². The third-order valence-electron chi connectivity index (χ3n) is 3.22. The topological polar surface area (TPSA) is 58.7 Å². The van der Waals surface area contributed by atoms with Crippen LogP contribution >= 0.6 is 0 Å². The summed E-state index contributed by atoms with van der Waals surface area (Å²) in [7, 11) is 0. The first-order chi connectivity index (χ1) is 7.72. The molecule has 1 unspecified atom stereocenters. The van der Waals surface area contributed by atoms with Crippen molar-refractivity contribution in [3.63, 3.8) is 0 Å². The van der Waals surface area contributed by atoms with E-state index in [2.05, 4.69) is 11.8 Å². The Bertz CT molecular complexity index is 170. The molecular formula is C12H26N2O2. The number of piperidine rings is 1. The van der Waals surface area contributed by atoms with Gasteiger partial charge in [-0.05, 0) is 38.3 Å². The zero-order chi connectivity index (χ0) is 11.8. The first-order valence-electron chi connectivity index (χ1n) is 6.40. The van der Waals surface area contributed by atoms with Crippen molar-refractivity contribution < 1.29 is 9.84 Å². The lowest BCUT2D eigenvalue weighted by molar-refractivity contribution is 0.0362. The van der Waals surface area contributed by atoms with Crippen LogP contribution in [-0.2, 0) is 4.74 Å². The molecular weight excluding hydrogens is 204 g/mol. The lowest BCUT2D eigenvalue weighted by atomic mass is 9.99. The maximum Gasteiger partial charge on any atom is 0.0895 e. The van der Waals surface area contributed by atoms with E-state index in [1.54, 1.807) is 0 Å². The van der Waals surface area contributed by atoms with Crippen LogP contribution in [0.5, 0.6) is 0 Å². The highest BCUT2D eigenvalue weighted by Gasteiger charge is 2.14. The summed E-state index contributed by atoms with van der Waals surface area (Å²) in [5.74, 6) is 0.896. The van der Waals surface area contributed by atoms with E-state index in [4.69, 9.17) is 10.5 Å². The predicted molar refractivity (Wildman–Crippen MR) is 65.3 cm³/mol. The third-order valence-corrected chi connectivity index (χ3v) is 3.22. The van der Waals surface area contributed by atoms with Crippen LogP contribution in [0.25, 0.3) is 0 Å². The number of nitrogens with zero attached hydrogens (tertiary/aromatic N) is 1. The molecule has 0 aromatic carbocycles. The highest BCUT2D eigenvalue weighted by Crippen LogP contribution is 2.15. The minimum atomic E-state index is -0.504. The van der Waals surface area contributed by atoms with Crippen molar-refractivity contribution in [3.05, 3.63) is 0 Å². The number of hydrogen-bond donors (Lipinski definition) is 2. The van der Waals surface area contributed by atoms with Crippen LogP contribution in [0.1, 0.15) is 26.2 Å². The van der Waals surface area contributed by atoms with Crippen molar-refractivity contribution >= 4 is 0 Å². The second-order valence-corrected chi connectivity index (χ2v) is 4.84. The van der Waals surface area contributed by atoms with Gasteiger partial charge in [0.15, 0.2) is 0 Å². The van der Waals surface area contributed by atoms with Crippen LogP contribution in [0.15, 0.2) is 0 Å². The van der Waals surface area contributed by atoms with E-state index < -0.39 is 6.10 Å². The van der Waals surface area contributed by atoms with E-state index in [0.29, 0.717) is 6.61 Å². The number of hydrogen-bond acceptors (Lipinski definition) is 4. The minimum absolute atomic E-state index is 0.282. The average molecular weight is 230 g/mol. The van der Waals surface area contributed by atoms with Gasteiger partial charge in [0.05, 0.1) is 12.7 Å². The summed E-state index contributed by atoms with van der Waals surface area (Å²) >= 11 is 0. The molecule has 0 spiro atoms. The molecule has 4 nitrogen and oxygen atoms in total. The summed E-state index contributed by atoms with van der Waals surface area (Å²) in [5, 5.41) is 9.17. The molecule has 0 aromatic rings. The average Bonchev–Trinajstić information content (AvgIpc) is 2.31. The molecule has 0 saturated carbocycles. The van der Waals surface area contributed by atoms with E-state index >= 15 is 0 Å². The van der Waals surface area contributed by atoms with Gasteiger partial charge < -0.3 is 20.5 Å². The number of nitrogens with two attached hydrogens (primary N) is 1. The van der Waals surface area contributed by atoms with E-state index in [1.807, 2.05) is 0 Å². The Morgan fingerprint density at radius 2 is 2.12 bits per heavy atom. The quantitative estimate of drug-likeness (QED) is 0.623. The SMILES string of the molecule is CC1CCN(CCCOCC(O)CN)CC1. The zero-order valence-corrected chi connectivity index (χ0v) is 10.4. The van der Waals surface area contributed by atoms with Crippen molar-refractivity contribution in [2.45, 2.75) is 32.3 Å². The predicted octanol–water partition coefficient (Wildman–Crippen LogP) is 0.445. The Labute approximate surface area is 98.8 Å². The molecule has 0 radical (unpaired) electrons. The largest absolute Gasteiger partial charge is 0.389 e. The van der Waals surface area contributed by atoms with Gasteiger partial charge in [0.2, 0.25) is 0 Å². The van der Waals surface area contributed by atoms with Crippen LogP contribution < -0.4 is 5.73 Å². The Kier molecular flexibility index (Phi) is 6.96. The van der Waals surface area contributed by atoms with Gasteiger partial charge in [0, 0.05) is 19.7 Å². The fraction of sp³-hybridized carbons (Fsp3) is 1.00. The Morgan fingerprint density at radius 1 is 1.44 bits per heavy atom. The van der Waals surface area contributed by atoms with Crippen molar-refractivity contribution in [1.29, 1.82) is 0 Å². The summed E-state index contributed by atoms with van der Waals surface area (Å²) in [6, 6.07) is 0. The van der Waals surface area contributed by atoms with Gasteiger partial charge in [-0.1, -0.05) is 6.92 Å². The fourth-order valence-corrected chi connectivity index (χ4v) is 1.96. The van der Waals surface area contributed by atoms with Gasteiger partial charge >= 0.3 is 0 Å². The smallest absolute Gasteiger partial charge is 0.0895 e. The fourth-order valence-electron chi connectivity index (χ4n) is 1.96. The Balaban J connectivity index is 1.91. The molecule has 1 heterocycles. The molecule has 0 aromatic heterocycles. The van der Waals surface area contributed by atoms with Crippen molar-refractivity contribution in [3.8, 4) is 0 Å². The van der Waals surface area contributed by atoms with E-state index in [9.17, 15) is 5.11 Å². The number of aliphatic hydroxyl groups excluding tert-OH is 1. The van der Waals surface area contributed by atoms with Crippen molar-refractivity contribution in [2.75, 3.05) is 39.4 Å². The highest BCUT2D eigenvalue weighted by molar-refractivity contribution is 4.69. The number of likely N-dealkylation sites (tertiary alicyclic amines) is 1. The molecule has 1 atom stereocenters. The zero-order valence-electron chi connectivity index (χ0n) is 10.4. The summed E-state index contributed by atoms with van der Waals surface area (Å²) in [4.78, 5) is 2.50. The molecule has 0 bridgehead atoms. The van der Waals surface area contributed by atoms with Gasteiger partial charge in [0.1, 0.15) is 0 Å². The lowest BCUT2D eigenvalue weighted by Crippen LogP contribution is -2.34. The van der Waals surface area contributed by atoms with E-state index in [0.717, 1.165) is 25.5 Å². The highest BCUT2D eigenvalue weighted by atomic mass is 16.5. The molecule has 96 valence electrons. The summed E-state index contributed by atoms with van der Waals surface area (Å²) in [6.07, 6.45) is 3.20. The van der Waals surface area contributed by atoms with Crippen LogP contribution in [0.3, 0.4) is 0 Å². The second kappa shape index (κ2) is 8.01. The molecule has 1 aliphatic rings. The summed E-state index contributed by atoms with van der Waals surface area (Å²) < 4.78 is 5.34. The van der Waals surface area contributed by atoms with Crippen molar-refractivity contribution in [1.82, 2.24) is 4.90 Å². The standard InChI is InChI=1S/C12H26N2O2/c1-11-3-6-14(7-4-11)5-2-8-16-10-12(15)9-13/h11-12,15H,2-10,13H2,1H3. The van der Waals surface area contributed by atoms with E-state index in [1.165, 1.54) is 25.9 Å². The number of ether oxygens (including phenoxy) is 1. The second-order valence-electron chi connectivity index (χ2n) is 4.84. The maximum absolute atomic E-state index is 9.17. The molecule has 3 N–H and O–H groups in total. The number of aliphatic hydroxyl groups is 1. The first kappa shape index (κ1) is 13.9. The van der Waals surface area contributed by atoms with Gasteiger partial charge in [-0.3, -0.25) is 0 Å². The first-order valence-corrected chi connectivity index (χ1v) is 6.40. The lowest BCUT2D eigenvalue weighted by Gasteiger charge is -2.30. The molecule has 1 saturated heterocycles. The maximum atomic E-state index is 9.17. The number of rotatable bonds is 7. The Morgan fingerprint density at radius 3 is 2.75 bits per heavy atom. The molecule has 0 amide bonds. The third kappa shape index (κ3) is 5.80. The molecule has 1 rings (SSSR count). The van der Waals surface area contributed by atoms with Gasteiger partial charge in [-0.2, -0.15) is 0 Å². The Hall–Kier alpha value is -0.160. The minimum Gasteiger partial charge on any atom is -0.389 e. The van der Waals surface area contributed by atoms with Gasteiger partial charge in [-0.25, -0.2) is 0 Å². The van der Waals surface area contributed by atoms with Gasteiger partial charge in [0.25, 0.3) is 0 Å². The molecule has 1 aliphatic heterocycles. The van der Waals surface area contributed by atoms with Crippen LogP contribution in [-0.4, -0.2) is 55.5 Å². The van der Waals surface area contributed by atoms with Gasteiger partial charge in [-0.15, -0.1) is 0 Å². The van der Waals surface area contributed by atoms with Crippen LogP contribution in [0, 0.1) is 5.92 Å².